The second-order valence-electron chi connectivity index (χ2n) is 1.58. The number of rotatable bonds is 3. The van der Waals surface area contributed by atoms with E-state index in [1.54, 1.807) is 0 Å². The van der Waals surface area contributed by atoms with Crippen molar-refractivity contribution in [3.63, 3.8) is 0 Å². The Morgan fingerprint density at radius 2 is 2.00 bits per heavy atom. The molecular formula is C3H5O6S-. The summed E-state index contributed by atoms with van der Waals surface area (Å²) in [7, 11) is -4.44. The number of carboxylic acids is 1. The van der Waals surface area contributed by atoms with E-state index in [-0.39, 0.29) is 0 Å². The number of hydrogen-bond donors (Lipinski definition) is 2. The van der Waals surface area contributed by atoms with Crippen LogP contribution in [0.3, 0.4) is 0 Å². The van der Waals surface area contributed by atoms with Gasteiger partial charge < -0.3 is 15.0 Å². The van der Waals surface area contributed by atoms with Crippen molar-refractivity contribution in [3.8, 4) is 0 Å². The Kier molecular flexibility index (Phi) is 2.76. The molecule has 0 aliphatic heterocycles. The molecule has 0 saturated heterocycles. The lowest BCUT2D eigenvalue weighted by atomic mass is 10.4. The predicted molar refractivity (Wildman–Crippen MR) is 27.4 cm³/mol. The highest BCUT2D eigenvalue weighted by atomic mass is 32.2. The van der Waals surface area contributed by atoms with Gasteiger partial charge in [-0.3, -0.25) is 4.55 Å². The van der Waals surface area contributed by atoms with Crippen molar-refractivity contribution in [2.45, 2.75) is 6.10 Å². The van der Waals surface area contributed by atoms with E-state index in [4.69, 9.17) is 9.66 Å². The highest BCUT2D eigenvalue weighted by Gasteiger charge is 2.14. The summed E-state index contributed by atoms with van der Waals surface area (Å²) in [4.78, 5) is 9.64. The Labute approximate surface area is 56.8 Å². The molecular weight excluding hydrogens is 164 g/mol. The number of carbonyl (C=O) groups is 1. The molecule has 0 spiro atoms. The van der Waals surface area contributed by atoms with Crippen LogP contribution >= 0.6 is 0 Å². The van der Waals surface area contributed by atoms with E-state index in [0.717, 1.165) is 0 Å². The lowest BCUT2D eigenvalue weighted by Gasteiger charge is -2.07. The smallest absolute Gasteiger partial charge is 0.267 e. The molecule has 0 saturated carbocycles. The molecule has 0 aromatic rings. The van der Waals surface area contributed by atoms with Crippen LogP contribution in [0, 0.1) is 0 Å². The number of carbonyl (C=O) groups excluding carboxylic acids is 1. The minimum absolute atomic E-state index is 1.24. The van der Waals surface area contributed by atoms with Crippen LogP contribution in [0.4, 0.5) is 0 Å². The maximum Gasteiger partial charge on any atom is 0.267 e. The van der Waals surface area contributed by atoms with Crippen LogP contribution in [0.2, 0.25) is 0 Å². The van der Waals surface area contributed by atoms with Gasteiger partial charge in [-0.2, -0.15) is 8.42 Å². The van der Waals surface area contributed by atoms with Gasteiger partial charge in [0.05, 0.1) is 5.97 Å². The van der Waals surface area contributed by atoms with Crippen molar-refractivity contribution in [3.05, 3.63) is 0 Å². The zero-order chi connectivity index (χ0) is 8.36. The molecule has 60 valence electrons. The molecule has 0 aromatic heterocycles. The van der Waals surface area contributed by atoms with Crippen LogP contribution in [0.1, 0.15) is 0 Å². The SMILES string of the molecule is O=C([O-])[C@H](O)CS(=O)(=O)O. The van der Waals surface area contributed by atoms with Crippen LogP contribution in [0.25, 0.3) is 0 Å². The molecule has 0 rings (SSSR count). The summed E-state index contributed by atoms with van der Waals surface area (Å²) in [5.41, 5.74) is 0. The van der Waals surface area contributed by atoms with Gasteiger partial charge in [-0.1, -0.05) is 0 Å². The van der Waals surface area contributed by atoms with Gasteiger partial charge >= 0.3 is 0 Å². The molecule has 0 heterocycles. The van der Waals surface area contributed by atoms with Gasteiger partial charge in [-0.25, -0.2) is 0 Å². The first-order valence-corrected chi connectivity index (χ1v) is 3.78. The van der Waals surface area contributed by atoms with Crippen LogP contribution in [-0.2, 0) is 14.9 Å². The number of aliphatic hydroxyl groups is 1. The average Bonchev–Trinajstić information content (AvgIpc) is 1.60. The summed E-state index contributed by atoms with van der Waals surface area (Å²) in [6.45, 7) is 0. The van der Waals surface area contributed by atoms with Crippen molar-refractivity contribution in [2.75, 3.05) is 5.75 Å². The number of aliphatic hydroxyl groups excluding tert-OH is 1. The fourth-order valence-electron chi connectivity index (χ4n) is 0.268. The standard InChI is InChI=1S/C3H6O6S/c4-2(3(5)6)1-10(7,8)9/h2,4H,1H2,(H,5,6)(H,7,8,9)/p-1/t2-/m1/s1. The van der Waals surface area contributed by atoms with E-state index in [9.17, 15) is 18.3 Å². The minimum Gasteiger partial charge on any atom is -0.547 e. The van der Waals surface area contributed by atoms with Crippen LogP contribution < -0.4 is 5.11 Å². The fourth-order valence-corrected chi connectivity index (χ4v) is 0.803. The molecule has 6 nitrogen and oxygen atoms in total. The maximum absolute atomic E-state index is 9.85. The van der Waals surface area contributed by atoms with Gasteiger partial charge in [0.15, 0.2) is 0 Å². The molecule has 2 N–H and O–H groups in total. The summed E-state index contributed by atoms with van der Waals surface area (Å²) >= 11 is 0. The van der Waals surface area contributed by atoms with Gasteiger partial charge in [0.2, 0.25) is 0 Å². The molecule has 7 heteroatoms. The van der Waals surface area contributed by atoms with Gasteiger partial charge in [0.25, 0.3) is 10.1 Å². The summed E-state index contributed by atoms with van der Waals surface area (Å²) in [5, 5.41) is 17.9. The van der Waals surface area contributed by atoms with Gasteiger partial charge in [-0.15, -0.1) is 0 Å². The predicted octanol–water partition coefficient (Wildman–Crippen LogP) is -3.01. The molecule has 0 unspecified atom stereocenters. The number of hydrogen-bond acceptors (Lipinski definition) is 5. The van der Waals surface area contributed by atoms with Crippen LogP contribution in [-0.4, -0.2) is 35.9 Å². The Morgan fingerprint density at radius 3 is 2.10 bits per heavy atom. The van der Waals surface area contributed by atoms with E-state index in [2.05, 4.69) is 0 Å². The Hall–Kier alpha value is -0.660. The van der Waals surface area contributed by atoms with E-state index < -0.39 is 27.9 Å². The van der Waals surface area contributed by atoms with E-state index in [0.29, 0.717) is 0 Å². The average molecular weight is 169 g/mol. The lowest BCUT2D eigenvalue weighted by Crippen LogP contribution is -2.39. The zero-order valence-electron chi connectivity index (χ0n) is 4.72. The second kappa shape index (κ2) is 2.95. The molecule has 0 radical (unpaired) electrons. The third-order valence-electron chi connectivity index (χ3n) is 0.641. The number of carboxylic acid groups (broad SMARTS) is 1. The Bertz CT molecular complexity index is 215. The highest BCUT2D eigenvalue weighted by molar-refractivity contribution is 7.85. The van der Waals surface area contributed by atoms with E-state index in [1.807, 2.05) is 0 Å². The van der Waals surface area contributed by atoms with Crippen molar-refractivity contribution < 1.29 is 28.0 Å². The normalized spacial score (nSPS) is 14.6. The Balaban J connectivity index is 4.06. The monoisotopic (exact) mass is 169 g/mol. The van der Waals surface area contributed by atoms with Gasteiger partial charge in [0.1, 0.15) is 11.9 Å². The van der Waals surface area contributed by atoms with Crippen molar-refractivity contribution in [1.29, 1.82) is 0 Å². The molecule has 0 amide bonds. The molecule has 0 aliphatic carbocycles. The fraction of sp³-hybridized carbons (Fsp3) is 0.667. The first-order valence-electron chi connectivity index (χ1n) is 2.17. The summed E-state index contributed by atoms with van der Waals surface area (Å²) in [6.07, 6.45) is -2.17. The molecule has 0 aliphatic rings. The third kappa shape index (κ3) is 4.24. The molecule has 0 bridgehead atoms. The molecule has 10 heavy (non-hydrogen) atoms. The van der Waals surface area contributed by atoms with Crippen LogP contribution in [0.15, 0.2) is 0 Å². The molecule has 1 atom stereocenters. The van der Waals surface area contributed by atoms with Crippen LogP contribution in [0.5, 0.6) is 0 Å². The minimum atomic E-state index is -4.44. The van der Waals surface area contributed by atoms with E-state index in [1.165, 1.54) is 0 Å². The van der Waals surface area contributed by atoms with Crippen molar-refractivity contribution >= 4 is 16.1 Å². The quantitative estimate of drug-likeness (QED) is 0.434. The van der Waals surface area contributed by atoms with Gasteiger partial charge in [-0.05, 0) is 0 Å². The van der Waals surface area contributed by atoms with Crippen molar-refractivity contribution in [1.82, 2.24) is 0 Å². The third-order valence-corrected chi connectivity index (χ3v) is 1.38. The maximum atomic E-state index is 9.85. The first-order chi connectivity index (χ1) is 4.33. The highest BCUT2D eigenvalue weighted by Crippen LogP contribution is 1.87. The lowest BCUT2D eigenvalue weighted by molar-refractivity contribution is -0.313. The largest absolute Gasteiger partial charge is 0.547 e. The first kappa shape index (κ1) is 9.34. The summed E-state index contributed by atoms with van der Waals surface area (Å²) < 4.78 is 27.7. The molecule has 0 fully saturated rings. The zero-order valence-corrected chi connectivity index (χ0v) is 5.54. The van der Waals surface area contributed by atoms with E-state index >= 15 is 0 Å². The second-order valence-corrected chi connectivity index (χ2v) is 3.08. The molecule has 0 aromatic carbocycles. The number of aliphatic carboxylic acids is 1. The summed E-state index contributed by atoms with van der Waals surface area (Å²) in [5.74, 6) is -3.17. The van der Waals surface area contributed by atoms with Gasteiger partial charge in [0, 0.05) is 0 Å². The van der Waals surface area contributed by atoms with Crippen molar-refractivity contribution in [2.24, 2.45) is 0 Å². The summed E-state index contributed by atoms with van der Waals surface area (Å²) in [6, 6.07) is 0. The Morgan fingerprint density at radius 1 is 1.60 bits per heavy atom. The topological polar surface area (TPSA) is 115 Å².